The van der Waals surface area contributed by atoms with Crippen molar-refractivity contribution < 1.29 is 5.11 Å². The van der Waals surface area contributed by atoms with Gasteiger partial charge in [0.05, 0.1) is 9.89 Å². The van der Waals surface area contributed by atoms with Crippen molar-refractivity contribution >= 4 is 27.3 Å². The zero-order chi connectivity index (χ0) is 10.2. The number of aliphatic hydroxyl groups excluding tert-OH is 1. The lowest BCUT2D eigenvalue weighted by Gasteiger charge is -2.44. The highest BCUT2D eigenvalue weighted by atomic mass is 79.9. The van der Waals surface area contributed by atoms with Crippen LogP contribution in [0.5, 0.6) is 0 Å². The number of hydrogen-bond donors (Lipinski definition) is 2. The van der Waals surface area contributed by atoms with Crippen LogP contribution in [0, 0.1) is 0 Å². The Bertz CT molecular complexity index is 322. The molecule has 1 aliphatic rings. The van der Waals surface area contributed by atoms with Gasteiger partial charge in [0.25, 0.3) is 0 Å². The standard InChI is InChI=1S/C10H14BrNOS/c11-9-3-2-8(14-9)10(4-1-5-10)7(13)6-12/h2-3,7,13H,1,4-6,12H2. The summed E-state index contributed by atoms with van der Waals surface area (Å²) in [5.74, 6) is 0. The number of thiophene rings is 1. The summed E-state index contributed by atoms with van der Waals surface area (Å²) >= 11 is 5.17. The van der Waals surface area contributed by atoms with Crippen molar-refractivity contribution in [2.24, 2.45) is 5.73 Å². The van der Waals surface area contributed by atoms with Crippen LogP contribution in [0.4, 0.5) is 0 Å². The molecule has 4 heteroatoms. The van der Waals surface area contributed by atoms with Gasteiger partial charge < -0.3 is 10.8 Å². The quantitative estimate of drug-likeness (QED) is 0.889. The van der Waals surface area contributed by atoms with E-state index in [9.17, 15) is 5.11 Å². The summed E-state index contributed by atoms with van der Waals surface area (Å²) < 4.78 is 1.13. The van der Waals surface area contributed by atoms with Gasteiger partial charge in [0.15, 0.2) is 0 Å². The predicted octanol–water partition coefficient (Wildman–Crippen LogP) is 2.25. The lowest BCUT2D eigenvalue weighted by atomic mass is 9.64. The Balaban J connectivity index is 2.28. The van der Waals surface area contributed by atoms with Crippen LogP contribution in [0.2, 0.25) is 0 Å². The molecule has 0 saturated heterocycles. The van der Waals surface area contributed by atoms with E-state index in [0.29, 0.717) is 6.54 Å². The van der Waals surface area contributed by atoms with Crippen LogP contribution in [-0.4, -0.2) is 17.8 Å². The van der Waals surface area contributed by atoms with Crippen LogP contribution >= 0.6 is 27.3 Å². The monoisotopic (exact) mass is 275 g/mol. The van der Waals surface area contributed by atoms with E-state index in [2.05, 4.69) is 22.0 Å². The molecule has 1 aromatic rings. The van der Waals surface area contributed by atoms with Gasteiger partial charge in [0, 0.05) is 16.8 Å². The van der Waals surface area contributed by atoms with E-state index >= 15 is 0 Å². The van der Waals surface area contributed by atoms with Crippen LogP contribution in [-0.2, 0) is 5.41 Å². The first-order valence-corrected chi connectivity index (χ1v) is 6.44. The second-order valence-electron chi connectivity index (χ2n) is 3.86. The summed E-state index contributed by atoms with van der Waals surface area (Å²) in [5, 5.41) is 9.96. The number of rotatable bonds is 3. The molecular formula is C10H14BrNOS. The molecule has 14 heavy (non-hydrogen) atoms. The fourth-order valence-electron chi connectivity index (χ4n) is 2.11. The van der Waals surface area contributed by atoms with Crippen molar-refractivity contribution in [3.8, 4) is 0 Å². The van der Waals surface area contributed by atoms with Gasteiger partial charge in [0.2, 0.25) is 0 Å². The largest absolute Gasteiger partial charge is 0.391 e. The summed E-state index contributed by atoms with van der Waals surface area (Å²) in [5.41, 5.74) is 5.52. The minimum absolute atomic E-state index is 0.0363. The third-order valence-corrected chi connectivity index (χ3v) is 5.01. The van der Waals surface area contributed by atoms with E-state index in [1.54, 1.807) is 11.3 Å². The Morgan fingerprint density at radius 2 is 2.29 bits per heavy atom. The highest BCUT2D eigenvalue weighted by Crippen LogP contribution is 2.49. The van der Waals surface area contributed by atoms with Crippen molar-refractivity contribution in [1.82, 2.24) is 0 Å². The highest BCUT2D eigenvalue weighted by Gasteiger charge is 2.45. The Morgan fingerprint density at radius 1 is 1.57 bits per heavy atom. The lowest BCUT2D eigenvalue weighted by Crippen LogP contribution is -2.48. The first-order chi connectivity index (χ1) is 6.69. The Labute approximate surface area is 96.3 Å². The van der Waals surface area contributed by atoms with Gasteiger partial charge in [-0.15, -0.1) is 11.3 Å². The van der Waals surface area contributed by atoms with Gasteiger partial charge in [-0.3, -0.25) is 0 Å². The third-order valence-electron chi connectivity index (χ3n) is 3.17. The molecule has 0 aromatic carbocycles. The molecule has 0 aliphatic heterocycles. The zero-order valence-electron chi connectivity index (χ0n) is 7.87. The van der Waals surface area contributed by atoms with Gasteiger partial charge in [-0.1, -0.05) is 6.42 Å². The van der Waals surface area contributed by atoms with Gasteiger partial charge in [-0.25, -0.2) is 0 Å². The second-order valence-corrected chi connectivity index (χ2v) is 6.33. The molecule has 1 unspecified atom stereocenters. The normalized spacial score (nSPS) is 21.6. The predicted molar refractivity (Wildman–Crippen MR) is 62.6 cm³/mol. The highest BCUT2D eigenvalue weighted by molar-refractivity contribution is 9.11. The molecule has 1 aliphatic carbocycles. The summed E-state index contributed by atoms with van der Waals surface area (Å²) in [4.78, 5) is 1.27. The lowest BCUT2D eigenvalue weighted by molar-refractivity contribution is 0.0371. The van der Waals surface area contributed by atoms with E-state index < -0.39 is 0 Å². The molecule has 1 aromatic heterocycles. The van der Waals surface area contributed by atoms with E-state index in [4.69, 9.17) is 5.73 Å². The second kappa shape index (κ2) is 3.93. The average molecular weight is 276 g/mol. The van der Waals surface area contributed by atoms with Crippen molar-refractivity contribution in [1.29, 1.82) is 0 Å². The first-order valence-electron chi connectivity index (χ1n) is 4.83. The van der Waals surface area contributed by atoms with Crippen LogP contribution in [0.1, 0.15) is 24.1 Å². The van der Waals surface area contributed by atoms with Gasteiger partial charge in [0.1, 0.15) is 0 Å². The van der Waals surface area contributed by atoms with Crippen LogP contribution < -0.4 is 5.73 Å². The Morgan fingerprint density at radius 3 is 2.64 bits per heavy atom. The number of aliphatic hydroxyl groups is 1. The molecule has 2 nitrogen and oxygen atoms in total. The van der Waals surface area contributed by atoms with Crippen molar-refractivity contribution in [3.63, 3.8) is 0 Å². The fraction of sp³-hybridized carbons (Fsp3) is 0.600. The van der Waals surface area contributed by atoms with Crippen LogP contribution in [0.25, 0.3) is 0 Å². The summed E-state index contributed by atoms with van der Waals surface area (Å²) in [6.45, 7) is 0.357. The molecule has 1 heterocycles. The van der Waals surface area contributed by atoms with Crippen LogP contribution in [0.3, 0.4) is 0 Å². The summed E-state index contributed by atoms with van der Waals surface area (Å²) in [6.07, 6.45) is 2.95. The Kier molecular flexibility index (Phi) is 2.98. The molecular weight excluding hydrogens is 262 g/mol. The van der Waals surface area contributed by atoms with E-state index in [1.807, 2.05) is 6.07 Å². The van der Waals surface area contributed by atoms with Gasteiger partial charge >= 0.3 is 0 Å². The topological polar surface area (TPSA) is 46.2 Å². The van der Waals surface area contributed by atoms with Gasteiger partial charge in [-0.2, -0.15) is 0 Å². The van der Waals surface area contributed by atoms with E-state index in [0.717, 1.165) is 16.6 Å². The minimum atomic E-state index is -0.387. The van der Waals surface area contributed by atoms with Crippen molar-refractivity contribution in [2.45, 2.75) is 30.8 Å². The van der Waals surface area contributed by atoms with E-state index in [1.165, 1.54) is 11.3 Å². The number of halogens is 1. The Hall–Kier alpha value is 0.1000. The molecule has 3 N–H and O–H groups in total. The molecule has 1 atom stereocenters. The number of nitrogens with two attached hydrogens (primary N) is 1. The molecule has 0 bridgehead atoms. The fourth-order valence-corrected chi connectivity index (χ4v) is 3.79. The van der Waals surface area contributed by atoms with Gasteiger partial charge in [-0.05, 0) is 40.9 Å². The maximum absolute atomic E-state index is 9.96. The summed E-state index contributed by atoms with van der Waals surface area (Å²) in [6, 6.07) is 4.15. The smallest absolute Gasteiger partial charge is 0.0766 e. The molecule has 0 radical (unpaired) electrons. The molecule has 2 rings (SSSR count). The molecule has 1 saturated carbocycles. The maximum Gasteiger partial charge on any atom is 0.0766 e. The molecule has 0 spiro atoms. The average Bonchev–Trinajstić information content (AvgIpc) is 2.50. The molecule has 78 valence electrons. The van der Waals surface area contributed by atoms with Crippen molar-refractivity contribution in [2.75, 3.05) is 6.54 Å². The SMILES string of the molecule is NCC(O)C1(c2ccc(Br)s2)CCC1. The minimum Gasteiger partial charge on any atom is -0.391 e. The molecule has 0 amide bonds. The molecule has 1 fully saturated rings. The van der Waals surface area contributed by atoms with Crippen molar-refractivity contribution in [3.05, 3.63) is 20.8 Å². The summed E-state index contributed by atoms with van der Waals surface area (Å²) in [7, 11) is 0. The first kappa shape index (κ1) is 10.6. The zero-order valence-corrected chi connectivity index (χ0v) is 10.3. The van der Waals surface area contributed by atoms with Crippen LogP contribution in [0.15, 0.2) is 15.9 Å². The third kappa shape index (κ3) is 1.54. The van der Waals surface area contributed by atoms with E-state index in [-0.39, 0.29) is 11.5 Å². The number of hydrogen-bond acceptors (Lipinski definition) is 3. The maximum atomic E-state index is 9.96.